The SMILES string of the molecule is COC(=O)C(NC(=O)C1CC2CCC1CC21NC(=O)c2ccccc2O1)C(C)C. The molecule has 3 aliphatic carbocycles. The van der Waals surface area contributed by atoms with Crippen LogP contribution in [-0.2, 0) is 14.3 Å². The van der Waals surface area contributed by atoms with Crippen LogP contribution in [0.25, 0.3) is 0 Å². The van der Waals surface area contributed by atoms with Crippen LogP contribution in [0.4, 0.5) is 0 Å². The smallest absolute Gasteiger partial charge is 0.328 e. The molecular formula is C22H28N2O5. The fraction of sp³-hybridized carbons (Fsp3) is 0.591. The molecule has 2 bridgehead atoms. The first-order valence-electron chi connectivity index (χ1n) is 10.3. The van der Waals surface area contributed by atoms with Gasteiger partial charge in [-0.3, -0.25) is 9.59 Å². The van der Waals surface area contributed by atoms with Crippen molar-refractivity contribution in [1.29, 1.82) is 0 Å². The Bertz CT molecular complexity index is 838. The standard InChI is InChI=1S/C22H28N2O5/c1-12(2)18(21(27)28-3)23-19(25)16-10-14-9-8-13(16)11-22(14)24-20(26)15-6-4-5-7-17(15)29-22/h4-7,12-14,16,18H,8-11H2,1-3H3,(H,23,25)(H,24,26). The van der Waals surface area contributed by atoms with Crippen molar-refractivity contribution in [1.82, 2.24) is 10.6 Å². The fourth-order valence-electron chi connectivity index (χ4n) is 5.17. The minimum absolute atomic E-state index is 0.0520. The van der Waals surface area contributed by atoms with Crippen molar-refractivity contribution in [2.75, 3.05) is 7.11 Å². The van der Waals surface area contributed by atoms with E-state index in [-0.39, 0.29) is 35.5 Å². The number of esters is 1. The highest BCUT2D eigenvalue weighted by molar-refractivity contribution is 5.98. The molecule has 0 saturated heterocycles. The number of rotatable bonds is 4. The van der Waals surface area contributed by atoms with Gasteiger partial charge in [0, 0.05) is 18.3 Å². The maximum Gasteiger partial charge on any atom is 0.328 e. The van der Waals surface area contributed by atoms with Crippen LogP contribution < -0.4 is 15.4 Å². The van der Waals surface area contributed by atoms with E-state index in [0.717, 1.165) is 12.8 Å². The van der Waals surface area contributed by atoms with Crippen LogP contribution in [0, 0.1) is 23.7 Å². The Morgan fingerprint density at radius 2 is 2.03 bits per heavy atom. The molecule has 7 heteroatoms. The summed E-state index contributed by atoms with van der Waals surface area (Å²) in [6, 6.07) is 6.61. The average Bonchev–Trinajstić information content (AvgIpc) is 2.71. The van der Waals surface area contributed by atoms with Crippen LogP contribution in [0.3, 0.4) is 0 Å². The molecule has 1 heterocycles. The van der Waals surface area contributed by atoms with Gasteiger partial charge in [-0.05, 0) is 43.2 Å². The quantitative estimate of drug-likeness (QED) is 0.756. The lowest BCUT2D eigenvalue weighted by molar-refractivity contribution is -0.153. The third kappa shape index (κ3) is 3.36. The minimum Gasteiger partial charge on any atom is -0.467 e. The van der Waals surface area contributed by atoms with Gasteiger partial charge in [0.15, 0.2) is 5.72 Å². The first kappa shape index (κ1) is 19.7. The number of ether oxygens (including phenoxy) is 2. The predicted octanol–water partition coefficient (Wildman–Crippen LogP) is 2.26. The summed E-state index contributed by atoms with van der Waals surface area (Å²) in [4.78, 5) is 37.7. The number of para-hydroxylation sites is 1. The number of carbonyl (C=O) groups is 3. The van der Waals surface area contributed by atoms with E-state index < -0.39 is 17.7 Å². The number of methoxy groups -OCH3 is 1. The monoisotopic (exact) mass is 400 g/mol. The molecule has 29 heavy (non-hydrogen) atoms. The Hall–Kier alpha value is -2.57. The maximum absolute atomic E-state index is 13.0. The second-order valence-electron chi connectivity index (χ2n) is 8.78. The molecular weight excluding hydrogens is 372 g/mol. The molecule has 5 unspecified atom stereocenters. The highest BCUT2D eigenvalue weighted by atomic mass is 16.5. The number of carbonyl (C=O) groups excluding carboxylic acids is 3. The molecule has 1 aliphatic heterocycles. The molecule has 1 aromatic rings. The van der Waals surface area contributed by atoms with Crippen LogP contribution >= 0.6 is 0 Å². The van der Waals surface area contributed by atoms with Gasteiger partial charge in [-0.1, -0.05) is 26.0 Å². The van der Waals surface area contributed by atoms with E-state index in [1.807, 2.05) is 32.0 Å². The molecule has 156 valence electrons. The van der Waals surface area contributed by atoms with Gasteiger partial charge in [0.1, 0.15) is 11.8 Å². The van der Waals surface area contributed by atoms with E-state index in [9.17, 15) is 14.4 Å². The van der Waals surface area contributed by atoms with Crippen molar-refractivity contribution >= 4 is 17.8 Å². The molecule has 2 N–H and O–H groups in total. The highest BCUT2D eigenvalue weighted by Crippen LogP contribution is 2.52. The zero-order chi connectivity index (χ0) is 20.8. The Morgan fingerprint density at radius 1 is 1.28 bits per heavy atom. The zero-order valence-corrected chi connectivity index (χ0v) is 17.1. The van der Waals surface area contributed by atoms with E-state index in [4.69, 9.17) is 9.47 Å². The van der Waals surface area contributed by atoms with Gasteiger partial charge >= 0.3 is 5.97 Å². The third-order valence-electron chi connectivity index (χ3n) is 6.72. The molecule has 0 aromatic heterocycles. The van der Waals surface area contributed by atoms with E-state index in [1.54, 1.807) is 6.07 Å². The Morgan fingerprint density at radius 3 is 2.69 bits per heavy atom. The molecule has 2 amide bonds. The summed E-state index contributed by atoms with van der Waals surface area (Å²) in [5.74, 6) is -0.154. The summed E-state index contributed by atoms with van der Waals surface area (Å²) in [5.41, 5.74) is -0.197. The van der Waals surface area contributed by atoms with E-state index >= 15 is 0 Å². The molecule has 5 rings (SSSR count). The van der Waals surface area contributed by atoms with E-state index in [2.05, 4.69) is 10.6 Å². The van der Waals surface area contributed by atoms with Crippen LogP contribution in [-0.4, -0.2) is 36.7 Å². The van der Waals surface area contributed by atoms with Gasteiger partial charge in [0.05, 0.1) is 12.7 Å². The number of nitrogens with one attached hydrogen (secondary N) is 2. The van der Waals surface area contributed by atoms with Crippen molar-refractivity contribution in [3.63, 3.8) is 0 Å². The Labute approximate surface area is 170 Å². The van der Waals surface area contributed by atoms with Crippen molar-refractivity contribution in [3.8, 4) is 5.75 Å². The first-order valence-corrected chi connectivity index (χ1v) is 10.3. The highest BCUT2D eigenvalue weighted by Gasteiger charge is 2.57. The van der Waals surface area contributed by atoms with Gasteiger partial charge in [-0.25, -0.2) is 4.79 Å². The molecule has 0 radical (unpaired) electrons. The van der Waals surface area contributed by atoms with Gasteiger partial charge in [0.2, 0.25) is 5.91 Å². The average molecular weight is 400 g/mol. The molecule has 5 atom stereocenters. The van der Waals surface area contributed by atoms with Gasteiger partial charge in [-0.2, -0.15) is 0 Å². The van der Waals surface area contributed by atoms with E-state index in [1.165, 1.54) is 7.11 Å². The number of benzene rings is 1. The first-order chi connectivity index (χ1) is 13.8. The maximum atomic E-state index is 13.0. The normalized spacial score (nSPS) is 30.9. The Balaban J connectivity index is 1.51. The van der Waals surface area contributed by atoms with Crippen molar-refractivity contribution < 1.29 is 23.9 Å². The van der Waals surface area contributed by atoms with Crippen molar-refractivity contribution in [2.45, 2.75) is 51.3 Å². The number of fused-ring (bicyclic) bond motifs is 3. The Kier molecular flexibility index (Phi) is 5.00. The summed E-state index contributed by atoms with van der Waals surface area (Å²) >= 11 is 0. The largest absolute Gasteiger partial charge is 0.467 e. The van der Waals surface area contributed by atoms with Crippen LogP contribution in [0.1, 0.15) is 49.9 Å². The van der Waals surface area contributed by atoms with Crippen LogP contribution in [0.2, 0.25) is 0 Å². The summed E-state index contributed by atoms with van der Waals surface area (Å²) in [6.07, 6.45) is 3.04. The zero-order valence-electron chi connectivity index (χ0n) is 17.1. The second-order valence-corrected chi connectivity index (χ2v) is 8.78. The van der Waals surface area contributed by atoms with Gasteiger partial charge in [-0.15, -0.1) is 0 Å². The summed E-state index contributed by atoms with van der Waals surface area (Å²) in [7, 11) is 1.33. The van der Waals surface area contributed by atoms with Crippen LogP contribution in [0.5, 0.6) is 5.75 Å². The summed E-state index contributed by atoms with van der Waals surface area (Å²) in [6.45, 7) is 3.76. The summed E-state index contributed by atoms with van der Waals surface area (Å²) < 4.78 is 11.2. The number of hydrogen-bond donors (Lipinski definition) is 2. The number of amides is 2. The minimum atomic E-state index is -0.745. The lowest BCUT2D eigenvalue weighted by Gasteiger charge is -2.55. The molecule has 4 aliphatic rings. The number of hydrogen-bond acceptors (Lipinski definition) is 5. The van der Waals surface area contributed by atoms with Gasteiger partial charge in [0.25, 0.3) is 5.91 Å². The molecule has 1 aromatic carbocycles. The fourth-order valence-corrected chi connectivity index (χ4v) is 5.17. The predicted molar refractivity (Wildman–Crippen MR) is 105 cm³/mol. The van der Waals surface area contributed by atoms with Crippen LogP contribution in [0.15, 0.2) is 24.3 Å². The van der Waals surface area contributed by atoms with Gasteiger partial charge < -0.3 is 20.1 Å². The molecule has 7 nitrogen and oxygen atoms in total. The van der Waals surface area contributed by atoms with E-state index in [0.29, 0.717) is 24.2 Å². The lowest BCUT2D eigenvalue weighted by Crippen LogP contribution is -2.67. The molecule has 3 saturated carbocycles. The molecule has 1 spiro atoms. The second kappa shape index (κ2) is 7.35. The third-order valence-corrected chi connectivity index (χ3v) is 6.72. The van der Waals surface area contributed by atoms with Crippen molar-refractivity contribution in [2.24, 2.45) is 23.7 Å². The lowest BCUT2D eigenvalue weighted by atomic mass is 9.60. The summed E-state index contributed by atoms with van der Waals surface area (Å²) in [5, 5.41) is 5.99. The van der Waals surface area contributed by atoms with Crippen molar-refractivity contribution in [3.05, 3.63) is 29.8 Å². The molecule has 3 fully saturated rings. The topological polar surface area (TPSA) is 93.7 Å².